The Kier molecular flexibility index (Phi) is 11.0. The van der Waals surface area contributed by atoms with Gasteiger partial charge in [0.1, 0.15) is 11.6 Å². The highest BCUT2D eigenvalue weighted by molar-refractivity contribution is 5.69. The van der Waals surface area contributed by atoms with Crippen LogP contribution in [-0.2, 0) is 9.47 Å². The van der Waals surface area contributed by atoms with Gasteiger partial charge in [-0.3, -0.25) is 9.97 Å². The van der Waals surface area contributed by atoms with Gasteiger partial charge in [0.25, 0.3) is 0 Å². The summed E-state index contributed by atoms with van der Waals surface area (Å²) in [5.74, 6) is 3.46. The highest BCUT2D eigenvalue weighted by Gasteiger charge is 2.21. The number of benzene rings is 2. The summed E-state index contributed by atoms with van der Waals surface area (Å²) < 4.78 is 18.6. The van der Waals surface area contributed by atoms with Crippen LogP contribution in [-0.4, -0.2) is 111 Å². The van der Waals surface area contributed by atoms with E-state index < -0.39 is 0 Å². The number of hydrogen-bond acceptors (Lipinski definition) is 12. The molecule has 328 valence electrons. The Balaban J connectivity index is 0.000000146. The Hall–Kier alpha value is -8.08. The van der Waals surface area contributed by atoms with Gasteiger partial charge in [-0.05, 0) is 62.4 Å². The minimum Gasteiger partial charge on any atom is -0.378 e. The van der Waals surface area contributed by atoms with Gasteiger partial charge in [-0.25, -0.2) is 19.3 Å². The molecular weight excluding hydrogens is 829 g/mol. The van der Waals surface area contributed by atoms with Crippen molar-refractivity contribution in [3.63, 3.8) is 0 Å². The lowest BCUT2D eigenvalue weighted by Crippen LogP contribution is -2.37. The highest BCUT2D eigenvalue weighted by Crippen LogP contribution is 2.29. The largest absolute Gasteiger partial charge is 0.378 e. The van der Waals surface area contributed by atoms with Crippen LogP contribution < -0.4 is 9.80 Å². The number of nitrogens with zero attached hydrogens (tertiary/aromatic N) is 14. The van der Waals surface area contributed by atoms with Crippen LogP contribution >= 0.6 is 0 Å². The third-order valence-corrected chi connectivity index (χ3v) is 11.7. The summed E-state index contributed by atoms with van der Waals surface area (Å²) >= 11 is 0. The maximum atomic E-state index is 5.57. The monoisotopic (exact) mass is 874 g/mol. The molecule has 2 aromatic carbocycles. The molecule has 0 radical (unpaired) electrons. The fraction of sp³-hybridized carbons (Fsp3) is 0.200. The van der Waals surface area contributed by atoms with Crippen LogP contribution in [0.4, 0.5) is 11.6 Å². The van der Waals surface area contributed by atoms with Crippen LogP contribution in [0.2, 0.25) is 0 Å². The zero-order valence-corrected chi connectivity index (χ0v) is 36.6. The van der Waals surface area contributed by atoms with E-state index in [1.54, 1.807) is 24.8 Å². The van der Waals surface area contributed by atoms with Crippen LogP contribution in [0, 0.1) is 13.8 Å². The third kappa shape index (κ3) is 8.37. The van der Waals surface area contributed by atoms with Crippen molar-refractivity contribution in [1.82, 2.24) is 58.7 Å². The number of morpholine rings is 2. The lowest BCUT2D eigenvalue weighted by molar-refractivity contribution is 0.122. The number of rotatable bonds is 8. The molecule has 0 unspecified atom stereocenters. The molecule has 0 bridgehead atoms. The summed E-state index contributed by atoms with van der Waals surface area (Å²) in [4.78, 5) is 22.6. The lowest BCUT2D eigenvalue weighted by atomic mass is 10.1. The van der Waals surface area contributed by atoms with Crippen LogP contribution in [0.15, 0.2) is 146 Å². The first-order valence-corrected chi connectivity index (χ1v) is 22.0. The van der Waals surface area contributed by atoms with E-state index >= 15 is 0 Å². The van der Waals surface area contributed by atoms with E-state index in [-0.39, 0.29) is 0 Å². The maximum Gasteiger partial charge on any atom is 0.160 e. The predicted molar refractivity (Wildman–Crippen MR) is 253 cm³/mol. The van der Waals surface area contributed by atoms with Crippen molar-refractivity contribution in [1.29, 1.82) is 0 Å². The molecule has 0 spiro atoms. The first-order valence-electron chi connectivity index (χ1n) is 22.0. The van der Waals surface area contributed by atoms with Gasteiger partial charge in [0.2, 0.25) is 0 Å². The van der Waals surface area contributed by atoms with Crippen LogP contribution in [0.25, 0.3) is 68.0 Å². The van der Waals surface area contributed by atoms with Crippen molar-refractivity contribution in [2.75, 3.05) is 62.4 Å². The van der Waals surface area contributed by atoms with Crippen molar-refractivity contribution in [3.05, 3.63) is 158 Å². The van der Waals surface area contributed by atoms with Crippen LogP contribution in [0.3, 0.4) is 0 Å². The Labute approximate surface area is 380 Å². The molecule has 2 fully saturated rings. The quantitative estimate of drug-likeness (QED) is 0.148. The number of pyridine rings is 2. The molecule has 8 aromatic heterocycles. The highest BCUT2D eigenvalue weighted by atomic mass is 16.5. The van der Waals surface area contributed by atoms with E-state index in [1.807, 2.05) is 79.3 Å². The van der Waals surface area contributed by atoms with Gasteiger partial charge in [-0.1, -0.05) is 47.5 Å². The summed E-state index contributed by atoms with van der Waals surface area (Å²) in [6, 6.07) is 36.7. The minimum absolute atomic E-state index is 0.691. The second-order valence-electron chi connectivity index (χ2n) is 16.2. The van der Waals surface area contributed by atoms with E-state index in [2.05, 4.69) is 94.3 Å². The number of aryl methyl sites for hydroxylation is 2. The molecule has 10 aromatic rings. The fourth-order valence-electron chi connectivity index (χ4n) is 8.31. The van der Waals surface area contributed by atoms with E-state index in [9.17, 15) is 0 Å². The lowest BCUT2D eigenvalue weighted by Gasteiger charge is -2.29. The normalized spacial score (nSPS) is 14.2. The van der Waals surface area contributed by atoms with E-state index in [1.165, 1.54) is 11.1 Å². The molecule has 2 aliphatic heterocycles. The molecule has 0 N–H and O–H groups in total. The van der Waals surface area contributed by atoms with E-state index in [0.29, 0.717) is 26.4 Å². The van der Waals surface area contributed by atoms with Gasteiger partial charge < -0.3 is 19.3 Å². The smallest absolute Gasteiger partial charge is 0.160 e. The van der Waals surface area contributed by atoms with Gasteiger partial charge in [0, 0.05) is 110 Å². The molecule has 2 aliphatic rings. The SMILES string of the molecule is Cc1cccc(-c2ccn(-c3cc(N4CCOCC4)n4nc(-c5ccncc5)cc4n3)n2)c1.Cc1cccc(-c2ccn(-c3cc(N4CCOCC4)n4nc(-c5ccncc5)cc4n3)n2)c1. The third-order valence-electron chi connectivity index (χ3n) is 11.7. The minimum atomic E-state index is 0.691. The van der Waals surface area contributed by atoms with Gasteiger partial charge in [0.05, 0.1) is 49.2 Å². The number of aromatic nitrogens is 12. The first kappa shape index (κ1) is 40.7. The Morgan fingerprint density at radius 2 is 0.848 bits per heavy atom. The van der Waals surface area contributed by atoms with Crippen molar-refractivity contribution in [2.45, 2.75) is 13.8 Å². The molecule has 10 heterocycles. The van der Waals surface area contributed by atoms with Crippen LogP contribution in [0.5, 0.6) is 0 Å². The second kappa shape index (κ2) is 17.8. The van der Waals surface area contributed by atoms with Crippen LogP contribution in [0.1, 0.15) is 11.1 Å². The summed E-state index contributed by atoms with van der Waals surface area (Å²) in [6.07, 6.45) is 11.0. The molecule has 0 aliphatic carbocycles. The molecule has 0 amide bonds. The molecule has 16 nitrogen and oxygen atoms in total. The molecular formula is C50H46N14O2. The summed E-state index contributed by atoms with van der Waals surface area (Å²) in [7, 11) is 0. The zero-order valence-electron chi connectivity index (χ0n) is 36.6. The predicted octanol–water partition coefficient (Wildman–Crippen LogP) is 7.58. The second-order valence-corrected chi connectivity index (χ2v) is 16.2. The van der Waals surface area contributed by atoms with Crippen molar-refractivity contribution in [3.8, 4) is 56.7 Å². The average molecular weight is 875 g/mol. The number of anilines is 2. The maximum absolute atomic E-state index is 5.57. The molecule has 0 atom stereocenters. The standard InChI is InChI=1S/2C25H23N7O/c2*1-18-3-2-4-20(15-18)21-7-10-31(28-21)23-17-25(30-11-13-33-14-12-30)32-24(27-23)16-22(29-32)19-5-8-26-9-6-19/h2*2-10,15-17H,11-14H2,1H3. The number of ether oxygens (including phenoxy) is 2. The first-order chi connectivity index (χ1) is 32.5. The Bertz CT molecular complexity index is 3050. The summed E-state index contributed by atoms with van der Waals surface area (Å²) in [5, 5.41) is 19.4. The van der Waals surface area contributed by atoms with Gasteiger partial charge >= 0.3 is 0 Å². The molecule has 16 heteroatoms. The van der Waals surface area contributed by atoms with Crippen molar-refractivity contribution < 1.29 is 9.47 Å². The molecule has 66 heavy (non-hydrogen) atoms. The Morgan fingerprint density at radius 3 is 1.26 bits per heavy atom. The van der Waals surface area contributed by atoms with Gasteiger partial charge in [0.15, 0.2) is 22.9 Å². The number of fused-ring (bicyclic) bond motifs is 2. The number of hydrogen-bond donors (Lipinski definition) is 0. The van der Waals surface area contributed by atoms with E-state index in [4.69, 9.17) is 39.8 Å². The van der Waals surface area contributed by atoms with E-state index in [0.717, 1.165) is 106 Å². The molecule has 0 saturated carbocycles. The summed E-state index contributed by atoms with van der Waals surface area (Å²) in [6.45, 7) is 10.2. The molecule has 12 rings (SSSR count). The van der Waals surface area contributed by atoms with Crippen molar-refractivity contribution in [2.24, 2.45) is 0 Å². The van der Waals surface area contributed by atoms with Crippen molar-refractivity contribution >= 4 is 22.9 Å². The zero-order chi connectivity index (χ0) is 44.4. The fourth-order valence-corrected chi connectivity index (χ4v) is 8.31. The summed E-state index contributed by atoms with van der Waals surface area (Å²) in [5.41, 5.74) is 11.7. The average Bonchev–Trinajstić information content (AvgIpc) is 4.22. The Morgan fingerprint density at radius 1 is 0.424 bits per heavy atom. The molecule has 2 saturated heterocycles. The van der Waals surface area contributed by atoms with Gasteiger partial charge in [-0.15, -0.1) is 0 Å². The topological polar surface area (TPSA) is 147 Å². The van der Waals surface area contributed by atoms with Gasteiger partial charge in [-0.2, -0.15) is 29.4 Å².